The smallest absolute Gasteiger partial charge is 0.254 e. The monoisotopic (exact) mass is 582 g/mol. The lowest BCUT2D eigenvalue weighted by Crippen LogP contribution is -2.50. The molecule has 0 aromatic heterocycles. The maximum atomic E-state index is 13.5. The zero-order valence-electron chi connectivity index (χ0n) is 23.0. The number of nitrogens with zero attached hydrogens (tertiary/aromatic N) is 2. The van der Waals surface area contributed by atoms with E-state index in [1.165, 1.54) is 26.9 Å². The van der Waals surface area contributed by atoms with Gasteiger partial charge in [-0.1, -0.05) is 54.4 Å². The van der Waals surface area contributed by atoms with Crippen LogP contribution in [0.15, 0.2) is 60.7 Å². The van der Waals surface area contributed by atoms with Crippen LogP contribution in [-0.2, 0) is 11.2 Å². The first kappa shape index (κ1) is 29.3. The summed E-state index contributed by atoms with van der Waals surface area (Å²) >= 11 is 12.6. The lowest BCUT2D eigenvalue weighted by Gasteiger charge is -2.34. The van der Waals surface area contributed by atoms with E-state index in [1.807, 2.05) is 24.3 Å². The number of hydrogen-bond donors (Lipinski definition) is 0. The van der Waals surface area contributed by atoms with E-state index in [-0.39, 0.29) is 11.8 Å². The first-order valence-electron chi connectivity index (χ1n) is 12.9. The van der Waals surface area contributed by atoms with Crippen LogP contribution in [-0.4, -0.2) is 69.1 Å². The van der Waals surface area contributed by atoms with Gasteiger partial charge in [0.2, 0.25) is 11.7 Å². The van der Waals surface area contributed by atoms with E-state index in [1.54, 1.807) is 46.2 Å². The van der Waals surface area contributed by atoms with Crippen molar-refractivity contribution in [2.24, 2.45) is 0 Å². The van der Waals surface area contributed by atoms with Gasteiger partial charge in [0.05, 0.1) is 21.3 Å². The quantitative estimate of drug-likeness (QED) is 0.305. The number of hydrogen-bond acceptors (Lipinski definition) is 5. The molecule has 0 saturated carbocycles. The van der Waals surface area contributed by atoms with Crippen molar-refractivity contribution in [3.63, 3.8) is 0 Å². The van der Waals surface area contributed by atoms with E-state index in [0.29, 0.717) is 59.0 Å². The first-order chi connectivity index (χ1) is 19.3. The summed E-state index contributed by atoms with van der Waals surface area (Å²) in [6.07, 6.45) is 2.54. The molecule has 1 fully saturated rings. The third kappa shape index (κ3) is 6.54. The van der Waals surface area contributed by atoms with Crippen LogP contribution in [0.2, 0.25) is 10.0 Å². The Bertz CT molecular complexity index is 1370. The fraction of sp³-hybridized carbons (Fsp3) is 0.290. The number of rotatable bonds is 8. The minimum Gasteiger partial charge on any atom is -0.493 e. The highest BCUT2D eigenvalue weighted by atomic mass is 35.5. The summed E-state index contributed by atoms with van der Waals surface area (Å²) in [7, 11) is 4.53. The highest BCUT2D eigenvalue weighted by Gasteiger charge is 2.26. The number of ether oxygens (including phenoxy) is 3. The molecule has 1 heterocycles. The molecule has 2 amide bonds. The summed E-state index contributed by atoms with van der Waals surface area (Å²) in [6.45, 7) is 3.66. The number of aryl methyl sites for hydroxylation is 1. The largest absolute Gasteiger partial charge is 0.493 e. The van der Waals surface area contributed by atoms with Crippen molar-refractivity contribution >= 4 is 40.6 Å². The molecule has 210 valence electrons. The molecule has 3 aromatic rings. The van der Waals surface area contributed by atoms with Crippen LogP contribution in [0.25, 0.3) is 5.57 Å². The van der Waals surface area contributed by atoms with Crippen LogP contribution in [0, 0.1) is 0 Å². The van der Waals surface area contributed by atoms with Gasteiger partial charge in [-0.05, 0) is 59.0 Å². The van der Waals surface area contributed by atoms with E-state index >= 15 is 0 Å². The molecule has 0 radical (unpaired) electrons. The molecule has 0 aliphatic carbocycles. The van der Waals surface area contributed by atoms with Crippen molar-refractivity contribution in [3.8, 4) is 17.2 Å². The number of carbonyl (C=O) groups is 2. The Balaban J connectivity index is 1.54. The predicted molar refractivity (Wildman–Crippen MR) is 158 cm³/mol. The molecule has 3 aromatic carbocycles. The van der Waals surface area contributed by atoms with E-state index in [0.717, 1.165) is 23.1 Å². The van der Waals surface area contributed by atoms with Gasteiger partial charge in [0.15, 0.2) is 11.5 Å². The van der Waals surface area contributed by atoms with Gasteiger partial charge in [-0.25, -0.2) is 0 Å². The Labute approximate surface area is 244 Å². The lowest BCUT2D eigenvalue weighted by molar-refractivity contribution is -0.127. The average molecular weight is 584 g/mol. The van der Waals surface area contributed by atoms with Crippen molar-refractivity contribution in [2.75, 3.05) is 47.5 Å². The van der Waals surface area contributed by atoms with Gasteiger partial charge in [0.25, 0.3) is 5.91 Å². The molecule has 1 aliphatic rings. The Hall–Kier alpha value is -3.68. The summed E-state index contributed by atoms with van der Waals surface area (Å²) in [5.41, 5.74) is 4.00. The minimum absolute atomic E-state index is 0.148. The Morgan fingerprint density at radius 2 is 1.30 bits per heavy atom. The van der Waals surface area contributed by atoms with Gasteiger partial charge in [-0.2, -0.15) is 0 Å². The Morgan fingerprint density at radius 3 is 1.80 bits per heavy atom. The van der Waals surface area contributed by atoms with Gasteiger partial charge in [0.1, 0.15) is 0 Å². The van der Waals surface area contributed by atoms with Gasteiger partial charge in [-0.15, -0.1) is 0 Å². The zero-order chi connectivity index (χ0) is 28.8. The summed E-state index contributed by atoms with van der Waals surface area (Å²) < 4.78 is 16.1. The van der Waals surface area contributed by atoms with Gasteiger partial charge in [0, 0.05) is 47.9 Å². The number of amides is 2. The molecule has 7 nitrogen and oxygen atoms in total. The normalized spacial score (nSPS) is 13.7. The standard InChI is InChI=1S/C31H32Cl2N2O5/c1-5-20-6-8-21(9-7-20)26(22-14-24(32)18-25(33)15-22)19-29(36)34-10-12-35(13-11-34)31(37)23-16-27(38-2)30(40-4)28(17-23)39-3/h6-9,14-19H,5,10-13H2,1-4H3. The van der Waals surface area contributed by atoms with Crippen molar-refractivity contribution in [3.05, 3.63) is 93.0 Å². The van der Waals surface area contributed by atoms with Crippen molar-refractivity contribution < 1.29 is 23.8 Å². The summed E-state index contributed by atoms with van der Waals surface area (Å²) in [4.78, 5) is 30.2. The molecule has 0 bridgehead atoms. The Morgan fingerprint density at radius 1 is 0.750 bits per heavy atom. The number of benzene rings is 3. The van der Waals surface area contributed by atoms with E-state index in [2.05, 4.69) is 6.92 Å². The van der Waals surface area contributed by atoms with Crippen LogP contribution in [0.1, 0.15) is 34.0 Å². The van der Waals surface area contributed by atoms with Gasteiger partial charge < -0.3 is 24.0 Å². The highest BCUT2D eigenvalue weighted by Crippen LogP contribution is 2.38. The van der Waals surface area contributed by atoms with Crippen LogP contribution in [0.3, 0.4) is 0 Å². The van der Waals surface area contributed by atoms with Crippen molar-refractivity contribution in [1.29, 1.82) is 0 Å². The van der Waals surface area contributed by atoms with Crippen LogP contribution in [0.4, 0.5) is 0 Å². The maximum absolute atomic E-state index is 13.5. The van der Waals surface area contributed by atoms with Gasteiger partial charge in [-0.3, -0.25) is 9.59 Å². The van der Waals surface area contributed by atoms with Crippen molar-refractivity contribution in [1.82, 2.24) is 9.80 Å². The summed E-state index contributed by atoms with van der Waals surface area (Å²) in [6, 6.07) is 16.6. The lowest BCUT2D eigenvalue weighted by atomic mass is 9.96. The number of halogens is 2. The zero-order valence-corrected chi connectivity index (χ0v) is 24.5. The molecule has 0 spiro atoms. The number of piperazine rings is 1. The average Bonchev–Trinajstić information content (AvgIpc) is 2.98. The second-order valence-corrected chi connectivity index (χ2v) is 10.2. The fourth-order valence-corrected chi connectivity index (χ4v) is 5.22. The summed E-state index contributed by atoms with van der Waals surface area (Å²) in [5, 5.41) is 0.981. The molecule has 0 atom stereocenters. The summed E-state index contributed by atoms with van der Waals surface area (Å²) in [5.74, 6) is 0.914. The minimum atomic E-state index is -0.174. The molecular weight excluding hydrogens is 551 g/mol. The van der Waals surface area contributed by atoms with Crippen LogP contribution < -0.4 is 14.2 Å². The van der Waals surface area contributed by atoms with Crippen LogP contribution in [0.5, 0.6) is 17.2 Å². The molecular formula is C31H32Cl2N2O5. The molecule has 0 unspecified atom stereocenters. The van der Waals surface area contributed by atoms with Gasteiger partial charge >= 0.3 is 0 Å². The SMILES string of the molecule is CCc1ccc(C(=CC(=O)N2CCN(C(=O)c3cc(OC)c(OC)c(OC)c3)CC2)c2cc(Cl)cc(Cl)c2)cc1. The Kier molecular flexibility index (Phi) is 9.61. The maximum Gasteiger partial charge on any atom is 0.254 e. The second-order valence-electron chi connectivity index (χ2n) is 9.30. The molecule has 9 heteroatoms. The second kappa shape index (κ2) is 13.1. The third-order valence-corrected chi connectivity index (χ3v) is 7.34. The van der Waals surface area contributed by atoms with Crippen LogP contribution >= 0.6 is 23.2 Å². The molecule has 40 heavy (non-hydrogen) atoms. The fourth-order valence-electron chi connectivity index (χ4n) is 4.69. The molecule has 1 aliphatic heterocycles. The number of methoxy groups -OCH3 is 3. The highest BCUT2D eigenvalue weighted by molar-refractivity contribution is 6.35. The number of carbonyl (C=O) groups excluding carboxylic acids is 2. The predicted octanol–water partition coefficient (Wildman–Crippen LogP) is 6.00. The van der Waals surface area contributed by atoms with E-state index in [4.69, 9.17) is 37.4 Å². The molecule has 4 rings (SSSR count). The van der Waals surface area contributed by atoms with E-state index < -0.39 is 0 Å². The first-order valence-corrected chi connectivity index (χ1v) is 13.7. The molecule has 1 saturated heterocycles. The molecule has 0 N–H and O–H groups in total. The van der Waals surface area contributed by atoms with E-state index in [9.17, 15) is 9.59 Å². The third-order valence-electron chi connectivity index (χ3n) is 6.90. The topological polar surface area (TPSA) is 68.3 Å². The van der Waals surface area contributed by atoms with Crippen molar-refractivity contribution in [2.45, 2.75) is 13.3 Å².